The summed E-state index contributed by atoms with van der Waals surface area (Å²) in [6, 6.07) is 5.40. The van der Waals surface area contributed by atoms with Crippen LogP contribution in [0.2, 0.25) is 0 Å². The lowest BCUT2D eigenvalue weighted by Crippen LogP contribution is -2.23. The summed E-state index contributed by atoms with van der Waals surface area (Å²) in [5.74, 6) is 0. The van der Waals surface area contributed by atoms with E-state index in [1.54, 1.807) is 18.5 Å². The third-order valence-electron chi connectivity index (χ3n) is 2.52. The maximum absolute atomic E-state index is 11.7. The highest BCUT2D eigenvalue weighted by Gasteiger charge is 2.01. The third kappa shape index (κ3) is 2.94. The van der Waals surface area contributed by atoms with Gasteiger partial charge in [-0.05, 0) is 31.5 Å². The Bertz CT molecular complexity index is 592. The Hall–Kier alpha value is -2.17. The first-order valence-corrected chi connectivity index (χ1v) is 5.91. The van der Waals surface area contributed by atoms with Gasteiger partial charge in [-0.25, -0.2) is 4.68 Å². The topological polar surface area (TPSA) is 59.8 Å². The highest BCUT2D eigenvalue weighted by molar-refractivity contribution is 5.42. The monoisotopic (exact) mass is 244 g/mol. The molecule has 18 heavy (non-hydrogen) atoms. The number of anilines is 1. The summed E-state index contributed by atoms with van der Waals surface area (Å²) in [5.41, 5.74) is 2.57. The van der Waals surface area contributed by atoms with Crippen molar-refractivity contribution in [3.63, 3.8) is 0 Å². The van der Waals surface area contributed by atoms with Crippen LogP contribution in [0, 0.1) is 6.92 Å². The molecule has 0 fully saturated rings. The summed E-state index contributed by atoms with van der Waals surface area (Å²) in [4.78, 5) is 16.0. The molecule has 1 N–H and O–H groups in total. The average Bonchev–Trinajstić information content (AvgIpc) is 2.34. The SMILES string of the molecule is CCNc1ccnc(Cn2ncc(C)cc2=O)c1. The van der Waals surface area contributed by atoms with E-state index in [4.69, 9.17) is 0 Å². The second-order valence-corrected chi connectivity index (χ2v) is 4.09. The van der Waals surface area contributed by atoms with Crippen molar-refractivity contribution in [2.75, 3.05) is 11.9 Å². The van der Waals surface area contributed by atoms with E-state index >= 15 is 0 Å². The second-order valence-electron chi connectivity index (χ2n) is 4.09. The fourth-order valence-corrected chi connectivity index (χ4v) is 1.68. The number of aromatic nitrogens is 3. The van der Waals surface area contributed by atoms with E-state index in [1.165, 1.54) is 4.68 Å². The highest BCUT2D eigenvalue weighted by atomic mass is 16.1. The van der Waals surface area contributed by atoms with Gasteiger partial charge in [-0.15, -0.1) is 0 Å². The smallest absolute Gasteiger partial charge is 0.267 e. The van der Waals surface area contributed by atoms with E-state index in [-0.39, 0.29) is 5.56 Å². The van der Waals surface area contributed by atoms with E-state index in [1.807, 2.05) is 26.0 Å². The molecular weight excluding hydrogens is 228 g/mol. The summed E-state index contributed by atoms with van der Waals surface area (Å²) >= 11 is 0. The molecule has 2 heterocycles. The molecule has 0 saturated carbocycles. The van der Waals surface area contributed by atoms with Gasteiger partial charge in [0.1, 0.15) is 0 Å². The minimum atomic E-state index is -0.106. The van der Waals surface area contributed by atoms with Crippen LogP contribution in [-0.4, -0.2) is 21.3 Å². The van der Waals surface area contributed by atoms with E-state index < -0.39 is 0 Å². The molecule has 0 aliphatic carbocycles. The number of nitrogens with zero attached hydrogens (tertiary/aromatic N) is 3. The van der Waals surface area contributed by atoms with E-state index in [0.717, 1.165) is 23.5 Å². The summed E-state index contributed by atoms with van der Waals surface area (Å²) < 4.78 is 1.41. The summed E-state index contributed by atoms with van der Waals surface area (Å²) in [6.45, 7) is 5.12. The minimum Gasteiger partial charge on any atom is -0.385 e. The summed E-state index contributed by atoms with van der Waals surface area (Å²) in [5, 5.41) is 7.30. The molecule has 5 nitrogen and oxygen atoms in total. The Morgan fingerprint density at radius 2 is 2.22 bits per heavy atom. The van der Waals surface area contributed by atoms with Crippen molar-refractivity contribution in [3.8, 4) is 0 Å². The van der Waals surface area contributed by atoms with Crippen molar-refractivity contribution in [1.82, 2.24) is 14.8 Å². The molecule has 0 saturated heterocycles. The van der Waals surface area contributed by atoms with Gasteiger partial charge in [0, 0.05) is 24.5 Å². The summed E-state index contributed by atoms with van der Waals surface area (Å²) in [7, 11) is 0. The van der Waals surface area contributed by atoms with Gasteiger partial charge in [0.25, 0.3) is 5.56 Å². The standard InChI is InChI=1S/C13H16N4O/c1-3-14-11-4-5-15-12(7-11)9-17-13(18)6-10(2)8-16-17/h4-8H,3,9H2,1-2H3,(H,14,15). The van der Waals surface area contributed by atoms with Gasteiger partial charge in [-0.3, -0.25) is 9.78 Å². The third-order valence-corrected chi connectivity index (χ3v) is 2.52. The van der Waals surface area contributed by atoms with Gasteiger partial charge < -0.3 is 5.32 Å². The van der Waals surface area contributed by atoms with Gasteiger partial charge in [-0.2, -0.15) is 5.10 Å². The molecule has 0 aromatic carbocycles. The fraction of sp³-hybridized carbons (Fsp3) is 0.308. The van der Waals surface area contributed by atoms with Crippen LogP contribution in [0.3, 0.4) is 0 Å². The van der Waals surface area contributed by atoms with Crippen LogP contribution in [0.4, 0.5) is 5.69 Å². The zero-order chi connectivity index (χ0) is 13.0. The number of rotatable bonds is 4. The fourth-order valence-electron chi connectivity index (χ4n) is 1.68. The zero-order valence-corrected chi connectivity index (χ0v) is 10.6. The van der Waals surface area contributed by atoms with Gasteiger partial charge in [-0.1, -0.05) is 0 Å². The van der Waals surface area contributed by atoms with E-state index in [2.05, 4.69) is 15.4 Å². The van der Waals surface area contributed by atoms with Crippen molar-refractivity contribution in [3.05, 3.63) is 52.2 Å². The molecule has 0 bridgehead atoms. The first-order chi connectivity index (χ1) is 8.69. The molecule has 2 rings (SSSR count). The Balaban J connectivity index is 2.23. The molecule has 94 valence electrons. The molecule has 0 radical (unpaired) electrons. The molecule has 0 aliphatic heterocycles. The lowest BCUT2D eigenvalue weighted by molar-refractivity contribution is 0.625. The van der Waals surface area contributed by atoms with Crippen LogP contribution in [0.1, 0.15) is 18.2 Å². The van der Waals surface area contributed by atoms with Crippen LogP contribution in [-0.2, 0) is 6.54 Å². The lowest BCUT2D eigenvalue weighted by atomic mass is 10.3. The molecule has 2 aromatic heterocycles. The predicted octanol–water partition coefficient (Wildman–Crippen LogP) is 1.43. The maximum Gasteiger partial charge on any atom is 0.267 e. The Kier molecular flexibility index (Phi) is 3.72. The van der Waals surface area contributed by atoms with Gasteiger partial charge >= 0.3 is 0 Å². The van der Waals surface area contributed by atoms with Crippen molar-refractivity contribution >= 4 is 5.69 Å². The normalized spacial score (nSPS) is 10.3. The predicted molar refractivity (Wildman–Crippen MR) is 70.7 cm³/mol. The first kappa shape index (κ1) is 12.3. The first-order valence-electron chi connectivity index (χ1n) is 5.91. The maximum atomic E-state index is 11.7. The quantitative estimate of drug-likeness (QED) is 0.883. The Morgan fingerprint density at radius 3 is 2.94 bits per heavy atom. The highest BCUT2D eigenvalue weighted by Crippen LogP contribution is 2.07. The Morgan fingerprint density at radius 1 is 1.39 bits per heavy atom. The number of hydrogen-bond donors (Lipinski definition) is 1. The number of aryl methyl sites for hydroxylation is 1. The lowest BCUT2D eigenvalue weighted by Gasteiger charge is -2.07. The average molecular weight is 244 g/mol. The molecular formula is C13H16N4O. The zero-order valence-electron chi connectivity index (χ0n) is 10.6. The van der Waals surface area contributed by atoms with Crippen LogP contribution in [0.25, 0.3) is 0 Å². The van der Waals surface area contributed by atoms with Crippen molar-refractivity contribution < 1.29 is 0 Å². The summed E-state index contributed by atoms with van der Waals surface area (Å²) in [6.07, 6.45) is 3.40. The van der Waals surface area contributed by atoms with Crippen molar-refractivity contribution in [1.29, 1.82) is 0 Å². The Labute approximate surface area is 105 Å². The molecule has 2 aromatic rings. The van der Waals surface area contributed by atoms with Crippen molar-refractivity contribution in [2.45, 2.75) is 20.4 Å². The number of pyridine rings is 1. The van der Waals surface area contributed by atoms with Gasteiger partial charge in [0.2, 0.25) is 0 Å². The largest absolute Gasteiger partial charge is 0.385 e. The molecule has 0 amide bonds. The molecule has 0 atom stereocenters. The van der Waals surface area contributed by atoms with E-state index in [9.17, 15) is 4.79 Å². The van der Waals surface area contributed by atoms with Gasteiger partial charge in [0.15, 0.2) is 0 Å². The molecule has 0 spiro atoms. The van der Waals surface area contributed by atoms with Crippen molar-refractivity contribution in [2.24, 2.45) is 0 Å². The van der Waals surface area contributed by atoms with Crippen LogP contribution in [0.15, 0.2) is 35.4 Å². The number of hydrogen-bond acceptors (Lipinski definition) is 4. The molecule has 0 aliphatic rings. The van der Waals surface area contributed by atoms with Crippen LogP contribution < -0.4 is 10.9 Å². The minimum absolute atomic E-state index is 0.106. The second kappa shape index (κ2) is 5.44. The van der Waals surface area contributed by atoms with Crippen LogP contribution >= 0.6 is 0 Å². The number of nitrogens with one attached hydrogen (secondary N) is 1. The van der Waals surface area contributed by atoms with Gasteiger partial charge in [0.05, 0.1) is 18.4 Å². The molecule has 5 heteroatoms. The van der Waals surface area contributed by atoms with E-state index in [0.29, 0.717) is 6.54 Å². The molecule has 0 unspecified atom stereocenters. The van der Waals surface area contributed by atoms with Crippen LogP contribution in [0.5, 0.6) is 0 Å².